The number of benzene rings is 1. The fraction of sp³-hybridized carbons (Fsp3) is 0.571. The fourth-order valence-corrected chi connectivity index (χ4v) is 5.14. The van der Waals surface area contributed by atoms with E-state index in [1.807, 2.05) is 6.92 Å². The summed E-state index contributed by atoms with van der Waals surface area (Å²) in [7, 11) is -3.61. The van der Waals surface area contributed by atoms with E-state index in [-0.39, 0.29) is 12.6 Å². The minimum absolute atomic E-state index is 0.140. The second kappa shape index (κ2) is 5.35. The van der Waals surface area contributed by atoms with Crippen molar-refractivity contribution in [3.05, 3.63) is 22.8 Å². The van der Waals surface area contributed by atoms with Crippen LogP contribution in [0.4, 0.5) is 5.69 Å². The summed E-state index contributed by atoms with van der Waals surface area (Å²) in [5.41, 5.74) is 8.70. The lowest BCUT2D eigenvalue weighted by Crippen LogP contribution is -2.38. The monoisotopic (exact) mass is 298 g/mol. The van der Waals surface area contributed by atoms with Crippen molar-refractivity contribution < 1.29 is 13.5 Å². The number of rotatable bonds is 3. The molecule has 0 saturated carbocycles. The van der Waals surface area contributed by atoms with Crippen LogP contribution in [0.15, 0.2) is 11.0 Å². The first-order chi connectivity index (χ1) is 9.30. The Morgan fingerprint density at radius 1 is 1.35 bits per heavy atom. The number of sulfonamides is 1. The molecular weight excluding hydrogens is 276 g/mol. The minimum atomic E-state index is -3.61. The van der Waals surface area contributed by atoms with E-state index in [0.29, 0.717) is 34.7 Å². The first kappa shape index (κ1) is 15.3. The largest absolute Gasteiger partial charge is 0.398 e. The van der Waals surface area contributed by atoms with Crippen molar-refractivity contribution in [3.8, 4) is 0 Å². The number of aryl methyl sites for hydroxylation is 2. The molecular formula is C14H22N2O3S. The number of nitrogens with two attached hydrogens (primary N) is 1. The van der Waals surface area contributed by atoms with Crippen LogP contribution in [0.2, 0.25) is 0 Å². The van der Waals surface area contributed by atoms with E-state index in [4.69, 9.17) is 5.73 Å². The van der Waals surface area contributed by atoms with Crippen molar-refractivity contribution in [2.45, 2.75) is 44.6 Å². The van der Waals surface area contributed by atoms with Crippen LogP contribution >= 0.6 is 0 Å². The zero-order valence-corrected chi connectivity index (χ0v) is 13.0. The van der Waals surface area contributed by atoms with Gasteiger partial charge in [-0.05, 0) is 50.3 Å². The van der Waals surface area contributed by atoms with Gasteiger partial charge >= 0.3 is 0 Å². The van der Waals surface area contributed by atoms with Crippen molar-refractivity contribution in [2.24, 2.45) is 0 Å². The second-order valence-electron chi connectivity index (χ2n) is 5.47. The smallest absolute Gasteiger partial charge is 0.244 e. The van der Waals surface area contributed by atoms with Gasteiger partial charge in [0, 0.05) is 18.3 Å². The molecule has 3 N–H and O–H groups in total. The Morgan fingerprint density at radius 2 is 2.00 bits per heavy atom. The summed E-state index contributed by atoms with van der Waals surface area (Å²) in [6.45, 7) is 5.72. The molecule has 0 bridgehead atoms. The molecule has 0 unspecified atom stereocenters. The Bertz CT molecular complexity index is 626. The van der Waals surface area contributed by atoms with Gasteiger partial charge in [0.15, 0.2) is 0 Å². The highest BCUT2D eigenvalue weighted by Gasteiger charge is 2.36. The number of aliphatic hydroxyl groups is 1. The molecule has 20 heavy (non-hydrogen) atoms. The number of hydrogen-bond acceptors (Lipinski definition) is 4. The van der Waals surface area contributed by atoms with Crippen LogP contribution in [0.5, 0.6) is 0 Å². The van der Waals surface area contributed by atoms with E-state index in [1.54, 1.807) is 19.9 Å². The number of aliphatic hydroxyl groups excluding tert-OH is 1. The third kappa shape index (κ3) is 2.32. The fourth-order valence-electron chi connectivity index (χ4n) is 3.00. The lowest BCUT2D eigenvalue weighted by atomic mass is 10.1. The lowest BCUT2D eigenvalue weighted by molar-refractivity contribution is 0.213. The molecule has 1 aromatic carbocycles. The molecule has 1 fully saturated rings. The predicted octanol–water partition coefficient (Wildman–Crippen LogP) is 1.34. The van der Waals surface area contributed by atoms with Gasteiger partial charge in [-0.25, -0.2) is 8.42 Å². The Morgan fingerprint density at radius 3 is 2.60 bits per heavy atom. The summed E-state index contributed by atoms with van der Waals surface area (Å²) in [5, 5.41) is 9.35. The van der Waals surface area contributed by atoms with Gasteiger partial charge in [-0.2, -0.15) is 4.31 Å². The van der Waals surface area contributed by atoms with Crippen molar-refractivity contribution >= 4 is 15.7 Å². The molecule has 1 aliphatic rings. The molecule has 0 aromatic heterocycles. The average Bonchev–Trinajstić information content (AvgIpc) is 2.84. The first-order valence-electron chi connectivity index (χ1n) is 6.79. The SMILES string of the molecule is Cc1cc(C)c(S(=O)(=O)N2CCC[C@@H]2CO)c(C)c1N. The van der Waals surface area contributed by atoms with E-state index in [0.717, 1.165) is 12.0 Å². The Labute approximate surface area is 120 Å². The zero-order valence-electron chi connectivity index (χ0n) is 12.2. The summed E-state index contributed by atoms with van der Waals surface area (Å²) in [5.74, 6) is 0. The maximum Gasteiger partial charge on any atom is 0.244 e. The predicted molar refractivity (Wildman–Crippen MR) is 79.1 cm³/mol. The van der Waals surface area contributed by atoms with Gasteiger partial charge in [0.2, 0.25) is 10.0 Å². The van der Waals surface area contributed by atoms with Gasteiger partial charge in [-0.1, -0.05) is 6.07 Å². The highest BCUT2D eigenvalue weighted by Crippen LogP contribution is 2.33. The highest BCUT2D eigenvalue weighted by molar-refractivity contribution is 7.89. The van der Waals surface area contributed by atoms with Crippen LogP contribution in [-0.4, -0.2) is 37.0 Å². The molecule has 1 saturated heterocycles. The molecule has 0 spiro atoms. The third-order valence-electron chi connectivity index (χ3n) is 4.06. The van der Waals surface area contributed by atoms with E-state index in [9.17, 15) is 13.5 Å². The molecule has 2 rings (SSSR count). The van der Waals surface area contributed by atoms with Crippen LogP contribution in [0, 0.1) is 20.8 Å². The number of hydrogen-bond donors (Lipinski definition) is 2. The van der Waals surface area contributed by atoms with Crippen LogP contribution in [0.25, 0.3) is 0 Å². The Balaban J connectivity index is 2.58. The first-order valence-corrected chi connectivity index (χ1v) is 8.23. The summed E-state index contributed by atoms with van der Waals surface area (Å²) >= 11 is 0. The summed E-state index contributed by atoms with van der Waals surface area (Å²) in [6, 6.07) is 1.49. The molecule has 1 aromatic rings. The number of anilines is 1. The molecule has 1 aliphatic heterocycles. The van der Waals surface area contributed by atoms with E-state index < -0.39 is 10.0 Å². The van der Waals surface area contributed by atoms with Gasteiger partial charge in [0.25, 0.3) is 0 Å². The van der Waals surface area contributed by atoms with Crippen LogP contribution < -0.4 is 5.73 Å². The van der Waals surface area contributed by atoms with Gasteiger partial charge < -0.3 is 10.8 Å². The number of nitrogen functional groups attached to an aromatic ring is 1. The van der Waals surface area contributed by atoms with Crippen molar-refractivity contribution in [2.75, 3.05) is 18.9 Å². The van der Waals surface area contributed by atoms with Crippen LogP contribution in [0.1, 0.15) is 29.5 Å². The molecule has 0 amide bonds. The molecule has 0 radical (unpaired) electrons. The maximum atomic E-state index is 12.9. The summed E-state index contributed by atoms with van der Waals surface area (Å²) < 4.78 is 27.2. The molecule has 1 atom stereocenters. The standard InChI is InChI=1S/C14H22N2O3S/c1-9-7-10(2)14(11(3)13(9)15)20(18,19)16-6-4-5-12(16)8-17/h7,12,17H,4-6,8,15H2,1-3H3/t12-/m1/s1. The topological polar surface area (TPSA) is 83.6 Å². The van der Waals surface area contributed by atoms with Crippen molar-refractivity contribution in [1.82, 2.24) is 4.31 Å². The normalized spacial score (nSPS) is 20.5. The van der Waals surface area contributed by atoms with E-state index in [2.05, 4.69) is 0 Å². The second-order valence-corrected chi connectivity index (χ2v) is 7.30. The van der Waals surface area contributed by atoms with Crippen LogP contribution in [-0.2, 0) is 10.0 Å². The molecule has 0 aliphatic carbocycles. The third-order valence-corrected chi connectivity index (χ3v) is 6.30. The molecule has 6 heteroatoms. The van der Waals surface area contributed by atoms with Crippen molar-refractivity contribution in [1.29, 1.82) is 0 Å². The number of nitrogens with zero attached hydrogens (tertiary/aromatic N) is 1. The van der Waals surface area contributed by atoms with E-state index in [1.165, 1.54) is 4.31 Å². The van der Waals surface area contributed by atoms with Gasteiger partial charge in [0.05, 0.1) is 11.5 Å². The van der Waals surface area contributed by atoms with Gasteiger partial charge in [0.1, 0.15) is 0 Å². The minimum Gasteiger partial charge on any atom is -0.398 e. The summed E-state index contributed by atoms with van der Waals surface area (Å²) in [4.78, 5) is 0.293. The van der Waals surface area contributed by atoms with Crippen LogP contribution in [0.3, 0.4) is 0 Å². The Kier molecular flexibility index (Phi) is 4.09. The molecule has 112 valence electrons. The maximum absolute atomic E-state index is 12.9. The Hall–Kier alpha value is -1.11. The summed E-state index contributed by atoms with van der Waals surface area (Å²) in [6.07, 6.45) is 1.49. The molecule has 1 heterocycles. The van der Waals surface area contributed by atoms with Gasteiger partial charge in [-0.3, -0.25) is 0 Å². The molecule has 5 nitrogen and oxygen atoms in total. The van der Waals surface area contributed by atoms with Gasteiger partial charge in [-0.15, -0.1) is 0 Å². The quantitative estimate of drug-likeness (QED) is 0.825. The lowest BCUT2D eigenvalue weighted by Gasteiger charge is -2.25. The highest BCUT2D eigenvalue weighted by atomic mass is 32.2. The zero-order chi connectivity index (χ0) is 15.1. The van der Waals surface area contributed by atoms with Crippen molar-refractivity contribution in [3.63, 3.8) is 0 Å². The average molecular weight is 298 g/mol. The van der Waals surface area contributed by atoms with E-state index >= 15 is 0 Å².